The molecule has 0 saturated heterocycles. The van der Waals surface area contributed by atoms with E-state index in [0.29, 0.717) is 24.6 Å². The summed E-state index contributed by atoms with van der Waals surface area (Å²) < 4.78 is 12.4. The van der Waals surface area contributed by atoms with Crippen LogP contribution in [0.4, 0.5) is 0 Å². The number of fused-ring (bicyclic) bond motifs is 1. The van der Waals surface area contributed by atoms with E-state index in [2.05, 4.69) is 19.7 Å². The first-order valence-corrected chi connectivity index (χ1v) is 7.20. The maximum atomic E-state index is 5.87. The molecule has 6 nitrogen and oxygen atoms in total. The predicted octanol–water partition coefficient (Wildman–Crippen LogP) is 2.45. The zero-order chi connectivity index (χ0) is 14.7. The third-order valence-electron chi connectivity index (χ3n) is 3.31. The van der Waals surface area contributed by atoms with Crippen LogP contribution in [-0.2, 0) is 19.4 Å². The molecule has 2 aromatic heterocycles. The number of benzene rings is 1. The van der Waals surface area contributed by atoms with Gasteiger partial charge in [0.25, 0.3) is 0 Å². The van der Waals surface area contributed by atoms with Crippen molar-refractivity contribution in [3.05, 3.63) is 36.2 Å². The number of imidazole rings is 1. The molecule has 0 aliphatic carbocycles. The number of alkyl halides is 1. The van der Waals surface area contributed by atoms with E-state index in [9.17, 15) is 0 Å². The number of aryl methyl sites for hydroxylation is 3. The van der Waals surface area contributed by atoms with Gasteiger partial charge in [-0.1, -0.05) is 5.16 Å². The molecular weight excluding hydrogens is 292 g/mol. The third kappa shape index (κ3) is 2.85. The third-order valence-corrected chi connectivity index (χ3v) is 3.50. The minimum atomic E-state index is 0.529. The maximum Gasteiger partial charge on any atom is 0.228 e. The van der Waals surface area contributed by atoms with Crippen molar-refractivity contribution in [2.24, 2.45) is 0 Å². The van der Waals surface area contributed by atoms with Crippen LogP contribution >= 0.6 is 11.6 Å². The zero-order valence-corrected chi connectivity index (χ0v) is 12.4. The summed E-state index contributed by atoms with van der Waals surface area (Å²) in [6.45, 7) is 0.719. The van der Waals surface area contributed by atoms with Crippen molar-refractivity contribution in [1.82, 2.24) is 19.7 Å². The summed E-state index contributed by atoms with van der Waals surface area (Å²) in [4.78, 5) is 8.68. The molecule has 0 amide bonds. The van der Waals surface area contributed by atoms with Crippen molar-refractivity contribution in [1.29, 1.82) is 0 Å². The van der Waals surface area contributed by atoms with Crippen LogP contribution in [0.3, 0.4) is 0 Å². The van der Waals surface area contributed by atoms with Crippen LogP contribution in [0.25, 0.3) is 11.0 Å². The minimum absolute atomic E-state index is 0.529. The molecule has 1 aromatic carbocycles. The van der Waals surface area contributed by atoms with E-state index in [1.807, 2.05) is 18.2 Å². The lowest BCUT2D eigenvalue weighted by Crippen LogP contribution is -2.07. The Bertz CT molecular complexity index is 724. The van der Waals surface area contributed by atoms with Crippen molar-refractivity contribution >= 4 is 22.6 Å². The van der Waals surface area contributed by atoms with E-state index in [1.54, 1.807) is 7.11 Å². The van der Waals surface area contributed by atoms with E-state index in [1.165, 1.54) is 6.33 Å². The van der Waals surface area contributed by atoms with Gasteiger partial charge in [-0.3, -0.25) is 0 Å². The second-order valence-electron chi connectivity index (χ2n) is 4.56. The lowest BCUT2D eigenvalue weighted by Gasteiger charge is -2.07. The molecular formula is C14H15ClN4O2. The smallest absolute Gasteiger partial charge is 0.228 e. The van der Waals surface area contributed by atoms with Crippen LogP contribution in [0, 0.1) is 0 Å². The molecule has 3 rings (SSSR count). The number of halogens is 1. The topological polar surface area (TPSA) is 66.0 Å². The predicted molar refractivity (Wildman–Crippen MR) is 78.7 cm³/mol. The highest BCUT2D eigenvalue weighted by Gasteiger charge is 2.12. The van der Waals surface area contributed by atoms with Crippen LogP contribution < -0.4 is 4.74 Å². The van der Waals surface area contributed by atoms with Crippen LogP contribution in [-0.4, -0.2) is 32.7 Å². The number of nitrogens with zero attached hydrogens (tertiary/aromatic N) is 4. The summed E-state index contributed by atoms with van der Waals surface area (Å²) in [5.74, 6) is 2.89. The molecule has 7 heteroatoms. The lowest BCUT2D eigenvalue weighted by atomic mass is 10.3. The Morgan fingerprint density at radius 1 is 1.33 bits per heavy atom. The molecule has 0 fully saturated rings. The monoisotopic (exact) mass is 306 g/mol. The Morgan fingerprint density at radius 3 is 2.95 bits per heavy atom. The fourth-order valence-corrected chi connectivity index (χ4v) is 2.49. The second kappa shape index (κ2) is 6.13. The highest BCUT2D eigenvalue weighted by atomic mass is 35.5. The summed E-state index contributed by atoms with van der Waals surface area (Å²) >= 11 is 5.87. The lowest BCUT2D eigenvalue weighted by molar-refractivity contribution is 0.371. The molecule has 0 bridgehead atoms. The first-order valence-electron chi connectivity index (χ1n) is 6.66. The van der Waals surface area contributed by atoms with Crippen LogP contribution in [0.2, 0.25) is 0 Å². The summed E-state index contributed by atoms with van der Waals surface area (Å²) in [5.41, 5.74) is 1.95. The average molecular weight is 307 g/mol. The molecule has 2 heterocycles. The fraction of sp³-hybridized carbons (Fsp3) is 0.357. The normalized spacial score (nSPS) is 11.1. The molecule has 0 atom stereocenters. The summed E-state index contributed by atoms with van der Waals surface area (Å²) in [6, 6.07) is 5.86. The fourth-order valence-electron chi connectivity index (χ4n) is 2.32. The van der Waals surface area contributed by atoms with E-state index in [-0.39, 0.29) is 0 Å². The Kier molecular flexibility index (Phi) is 4.06. The van der Waals surface area contributed by atoms with E-state index < -0.39 is 0 Å². The maximum absolute atomic E-state index is 5.87. The molecule has 110 valence electrons. The Hall–Kier alpha value is -2.08. The van der Waals surface area contributed by atoms with Crippen LogP contribution in [0.15, 0.2) is 29.0 Å². The van der Waals surface area contributed by atoms with Crippen molar-refractivity contribution in [2.75, 3.05) is 13.0 Å². The van der Waals surface area contributed by atoms with Gasteiger partial charge in [0, 0.05) is 31.3 Å². The van der Waals surface area contributed by atoms with Crippen LogP contribution in [0.1, 0.15) is 11.7 Å². The van der Waals surface area contributed by atoms with Gasteiger partial charge in [-0.25, -0.2) is 4.98 Å². The molecule has 21 heavy (non-hydrogen) atoms. The summed E-state index contributed by atoms with van der Waals surface area (Å²) in [6.07, 6.45) is 2.78. The summed E-state index contributed by atoms with van der Waals surface area (Å²) in [5, 5.41) is 3.62. The number of rotatable bonds is 6. The van der Waals surface area contributed by atoms with Gasteiger partial charge in [0.1, 0.15) is 11.6 Å². The quantitative estimate of drug-likeness (QED) is 0.654. The molecule has 0 aliphatic rings. The van der Waals surface area contributed by atoms with Gasteiger partial charge in [-0.2, -0.15) is 4.98 Å². The van der Waals surface area contributed by atoms with E-state index in [0.717, 1.165) is 29.2 Å². The van der Waals surface area contributed by atoms with Crippen LogP contribution in [0.5, 0.6) is 5.75 Å². The first kappa shape index (κ1) is 13.9. The molecule has 0 unspecified atom stereocenters. The number of aromatic nitrogens is 4. The molecule has 0 aliphatic heterocycles. The molecule has 0 spiro atoms. The largest absolute Gasteiger partial charge is 0.497 e. The minimum Gasteiger partial charge on any atom is -0.497 e. The number of hydrogen-bond donors (Lipinski definition) is 0. The average Bonchev–Trinajstić information content (AvgIpc) is 3.12. The van der Waals surface area contributed by atoms with E-state index in [4.69, 9.17) is 20.9 Å². The van der Waals surface area contributed by atoms with Crippen molar-refractivity contribution in [3.8, 4) is 5.75 Å². The zero-order valence-electron chi connectivity index (χ0n) is 11.6. The highest BCUT2D eigenvalue weighted by Crippen LogP contribution is 2.22. The first-order chi connectivity index (χ1) is 10.3. The standard InChI is InChI=1S/C14H15ClN4O2/c1-20-10-2-3-12-11(8-10)18-13(4-6-15)19(12)7-5-14-16-9-17-21-14/h2-3,8-9H,4-7H2,1H3. The molecule has 3 aromatic rings. The second-order valence-corrected chi connectivity index (χ2v) is 4.94. The Balaban J connectivity index is 1.95. The van der Waals surface area contributed by atoms with Crippen molar-refractivity contribution in [3.63, 3.8) is 0 Å². The summed E-state index contributed by atoms with van der Waals surface area (Å²) in [7, 11) is 1.65. The van der Waals surface area contributed by atoms with Gasteiger partial charge in [-0.05, 0) is 12.1 Å². The Morgan fingerprint density at radius 2 is 2.24 bits per heavy atom. The van der Waals surface area contributed by atoms with Gasteiger partial charge in [0.15, 0.2) is 6.33 Å². The molecule has 0 saturated carbocycles. The SMILES string of the molecule is COc1ccc2c(c1)nc(CCCl)n2CCc1ncno1. The number of methoxy groups -OCH3 is 1. The van der Waals surface area contributed by atoms with Crippen molar-refractivity contribution in [2.45, 2.75) is 19.4 Å². The van der Waals surface area contributed by atoms with Gasteiger partial charge in [-0.15, -0.1) is 11.6 Å². The van der Waals surface area contributed by atoms with Crippen molar-refractivity contribution < 1.29 is 9.26 Å². The van der Waals surface area contributed by atoms with Gasteiger partial charge in [0.05, 0.1) is 18.1 Å². The number of ether oxygens (including phenoxy) is 1. The van der Waals surface area contributed by atoms with Gasteiger partial charge >= 0.3 is 0 Å². The molecule has 0 N–H and O–H groups in total. The van der Waals surface area contributed by atoms with Gasteiger partial charge in [0.2, 0.25) is 5.89 Å². The Labute approximate surface area is 126 Å². The van der Waals surface area contributed by atoms with Gasteiger partial charge < -0.3 is 13.8 Å². The number of hydrogen-bond acceptors (Lipinski definition) is 5. The highest BCUT2D eigenvalue weighted by molar-refractivity contribution is 6.17. The van der Waals surface area contributed by atoms with E-state index >= 15 is 0 Å². The molecule has 0 radical (unpaired) electrons.